The molecule has 0 saturated heterocycles. The molecular weight excluding hydrogens is 263 g/mol. The topological polar surface area (TPSA) is 38.1 Å². The van der Waals surface area contributed by atoms with Gasteiger partial charge in [0, 0.05) is 4.47 Å². The second-order valence-electron chi connectivity index (χ2n) is 3.17. The summed E-state index contributed by atoms with van der Waals surface area (Å²) in [6.45, 7) is 0.428. The summed E-state index contributed by atoms with van der Waals surface area (Å²) < 4.78 is 15.3. The number of hydrogen-bond acceptors (Lipinski definition) is 2. The molecule has 0 aliphatic carbocycles. The minimum Gasteiger partial charge on any atom is -0.505 e. The Morgan fingerprint density at radius 2 is 2.20 bits per heavy atom. The maximum absolute atomic E-state index is 13.0. The zero-order chi connectivity index (χ0) is 10.8. The molecule has 0 amide bonds. The van der Waals surface area contributed by atoms with Crippen LogP contribution in [0.1, 0.15) is 5.56 Å². The van der Waals surface area contributed by atoms with Gasteiger partial charge >= 0.3 is 0 Å². The van der Waals surface area contributed by atoms with Crippen LogP contribution in [0.4, 0.5) is 4.39 Å². The normalized spacial score (nSPS) is 10.5. The number of benzene rings is 1. The molecule has 0 bridgehead atoms. The highest BCUT2D eigenvalue weighted by Gasteiger charge is 2.01. The number of hydrogen-bond donors (Lipinski definition) is 1. The van der Waals surface area contributed by atoms with E-state index in [1.54, 1.807) is 0 Å². The van der Waals surface area contributed by atoms with Gasteiger partial charge < -0.3 is 5.11 Å². The van der Waals surface area contributed by atoms with E-state index in [1.165, 1.54) is 29.2 Å². The van der Waals surface area contributed by atoms with E-state index < -0.39 is 0 Å². The molecule has 0 aliphatic heterocycles. The van der Waals surface area contributed by atoms with Crippen LogP contribution in [0.2, 0.25) is 0 Å². The minimum atomic E-state index is -0.296. The molecule has 0 radical (unpaired) electrons. The van der Waals surface area contributed by atoms with Crippen molar-refractivity contribution >= 4 is 15.9 Å². The van der Waals surface area contributed by atoms with Crippen molar-refractivity contribution in [2.75, 3.05) is 0 Å². The summed E-state index contributed by atoms with van der Waals surface area (Å²) in [6.07, 6.45) is 2.83. The van der Waals surface area contributed by atoms with E-state index in [1.807, 2.05) is 6.07 Å². The molecule has 1 aromatic carbocycles. The summed E-state index contributed by atoms with van der Waals surface area (Å²) in [7, 11) is 0. The van der Waals surface area contributed by atoms with E-state index in [9.17, 15) is 4.39 Å². The summed E-state index contributed by atoms with van der Waals surface area (Å²) in [6, 6.07) is 4.63. The van der Waals surface area contributed by atoms with Crippen LogP contribution in [0.15, 0.2) is 35.1 Å². The highest BCUT2D eigenvalue weighted by Crippen LogP contribution is 2.16. The summed E-state index contributed by atoms with van der Waals surface area (Å²) in [5.41, 5.74) is 0.782. The number of aromatic hydroxyl groups is 1. The Labute approximate surface area is 94.3 Å². The average Bonchev–Trinajstić information content (AvgIpc) is 2.49. The Hall–Kier alpha value is -1.36. The Morgan fingerprint density at radius 3 is 2.80 bits per heavy atom. The number of halogens is 2. The van der Waals surface area contributed by atoms with Gasteiger partial charge in [-0.15, -0.1) is 0 Å². The maximum Gasteiger partial charge on any atom is 0.153 e. The number of rotatable bonds is 2. The van der Waals surface area contributed by atoms with Crippen LogP contribution in [-0.4, -0.2) is 14.9 Å². The van der Waals surface area contributed by atoms with Gasteiger partial charge in [-0.3, -0.25) is 4.68 Å². The largest absolute Gasteiger partial charge is 0.505 e. The summed E-state index contributed by atoms with van der Waals surface area (Å²) >= 11 is 3.21. The first-order valence-corrected chi connectivity index (χ1v) is 5.09. The highest BCUT2D eigenvalue weighted by molar-refractivity contribution is 9.10. The summed E-state index contributed by atoms with van der Waals surface area (Å²) in [5.74, 6) is -0.193. The van der Waals surface area contributed by atoms with E-state index in [0.717, 1.165) is 5.56 Å². The van der Waals surface area contributed by atoms with Crippen molar-refractivity contribution in [2.45, 2.75) is 6.54 Å². The van der Waals surface area contributed by atoms with Gasteiger partial charge in [0.05, 0.1) is 18.9 Å². The standard InChI is InChI=1S/C10H8BrFN2O/c11-8-1-7(2-9(12)3-8)5-14-6-10(15)4-13-14/h1-4,6,15H,5H2. The average molecular weight is 271 g/mol. The van der Waals surface area contributed by atoms with Gasteiger partial charge in [-0.05, 0) is 23.8 Å². The first kappa shape index (κ1) is 10.2. The minimum absolute atomic E-state index is 0.102. The Morgan fingerprint density at radius 1 is 1.40 bits per heavy atom. The van der Waals surface area contributed by atoms with Crippen molar-refractivity contribution in [1.82, 2.24) is 9.78 Å². The second kappa shape index (κ2) is 4.02. The molecular formula is C10H8BrFN2O. The third kappa shape index (κ3) is 2.56. The molecule has 15 heavy (non-hydrogen) atoms. The lowest BCUT2D eigenvalue weighted by Gasteiger charge is -2.02. The molecule has 1 N–H and O–H groups in total. The van der Waals surface area contributed by atoms with Crippen LogP contribution in [-0.2, 0) is 6.54 Å². The van der Waals surface area contributed by atoms with Crippen LogP contribution < -0.4 is 0 Å². The molecule has 5 heteroatoms. The SMILES string of the molecule is Oc1cnn(Cc2cc(F)cc(Br)c2)c1. The molecule has 3 nitrogen and oxygen atoms in total. The quantitative estimate of drug-likeness (QED) is 0.911. The van der Waals surface area contributed by atoms with Gasteiger partial charge in [0.2, 0.25) is 0 Å². The lowest BCUT2D eigenvalue weighted by atomic mass is 10.2. The molecule has 0 spiro atoms. The first-order chi connectivity index (χ1) is 7.13. The molecule has 1 aromatic heterocycles. The predicted molar refractivity (Wildman–Crippen MR) is 57.1 cm³/mol. The van der Waals surface area contributed by atoms with Crippen molar-refractivity contribution in [1.29, 1.82) is 0 Å². The smallest absolute Gasteiger partial charge is 0.153 e. The summed E-state index contributed by atoms with van der Waals surface area (Å²) in [5, 5.41) is 13.0. The van der Waals surface area contributed by atoms with Gasteiger partial charge in [0.1, 0.15) is 5.82 Å². The molecule has 0 unspecified atom stereocenters. The molecule has 78 valence electrons. The van der Waals surface area contributed by atoms with Crippen molar-refractivity contribution in [3.63, 3.8) is 0 Å². The van der Waals surface area contributed by atoms with Crippen LogP contribution in [0.25, 0.3) is 0 Å². The van der Waals surface area contributed by atoms with Crippen molar-refractivity contribution in [3.8, 4) is 5.75 Å². The van der Waals surface area contributed by atoms with Gasteiger partial charge in [-0.25, -0.2) is 4.39 Å². The van der Waals surface area contributed by atoms with E-state index in [-0.39, 0.29) is 11.6 Å². The van der Waals surface area contributed by atoms with Crippen molar-refractivity contribution in [2.24, 2.45) is 0 Å². The van der Waals surface area contributed by atoms with Gasteiger partial charge in [0.25, 0.3) is 0 Å². The Bertz CT molecular complexity index is 464. The Kier molecular flexibility index (Phi) is 2.73. The fraction of sp³-hybridized carbons (Fsp3) is 0.100. The van der Waals surface area contributed by atoms with Crippen LogP contribution in [0.3, 0.4) is 0 Å². The fourth-order valence-corrected chi connectivity index (χ4v) is 1.84. The second-order valence-corrected chi connectivity index (χ2v) is 4.09. The molecule has 0 atom stereocenters. The van der Waals surface area contributed by atoms with E-state index in [0.29, 0.717) is 11.0 Å². The third-order valence-electron chi connectivity index (χ3n) is 1.89. The third-order valence-corrected chi connectivity index (χ3v) is 2.34. The molecule has 2 aromatic rings. The van der Waals surface area contributed by atoms with Crippen LogP contribution in [0.5, 0.6) is 5.75 Å². The lowest BCUT2D eigenvalue weighted by Crippen LogP contribution is -2.00. The lowest BCUT2D eigenvalue weighted by molar-refractivity contribution is 0.474. The number of aromatic nitrogens is 2. The van der Waals surface area contributed by atoms with E-state index >= 15 is 0 Å². The number of nitrogens with zero attached hydrogens (tertiary/aromatic N) is 2. The highest BCUT2D eigenvalue weighted by atomic mass is 79.9. The summed E-state index contributed by atoms with van der Waals surface area (Å²) in [4.78, 5) is 0. The zero-order valence-corrected chi connectivity index (χ0v) is 9.28. The Balaban J connectivity index is 2.24. The van der Waals surface area contributed by atoms with Gasteiger partial charge in [-0.2, -0.15) is 5.10 Å². The van der Waals surface area contributed by atoms with Crippen LogP contribution in [0, 0.1) is 5.82 Å². The fourth-order valence-electron chi connectivity index (χ4n) is 1.33. The van der Waals surface area contributed by atoms with E-state index in [2.05, 4.69) is 21.0 Å². The molecule has 0 aliphatic rings. The molecule has 1 heterocycles. The van der Waals surface area contributed by atoms with Gasteiger partial charge in [0.15, 0.2) is 5.75 Å². The van der Waals surface area contributed by atoms with Crippen LogP contribution >= 0.6 is 15.9 Å². The molecule has 2 rings (SSSR count). The van der Waals surface area contributed by atoms with Crippen molar-refractivity contribution < 1.29 is 9.50 Å². The van der Waals surface area contributed by atoms with Gasteiger partial charge in [-0.1, -0.05) is 15.9 Å². The van der Waals surface area contributed by atoms with E-state index in [4.69, 9.17) is 5.11 Å². The molecule has 0 fully saturated rings. The monoisotopic (exact) mass is 270 g/mol. The maximum atomic E-state index is 13.0. The molecule has 0 saturated carbocycles. The zero-order valence-electron chi connectivity index (χ0n) is 7.69. The first-order valence-electron chi connectivity index (χ1n) is 4.30. The van der Waals surface area contributed by atoms with Crippen molar-refractivity contribution in [3.05, 3.63) is 46.4 Å². The predicted octanol–water partition coefficient (Wildman–Crippen LogP) is 2.54.